The molecule has 0 bridgehead atoms. The van der Waals surface area contributed by atoms with Crippen molar-refractivity contribution in [2.24, 2.45) is 5.92 Å². The molecule has 0 saturated heterocycles. The maximum absolute atomic E-state index is 12.9. The fourth-order valence-corrected chi connectivity index (χ4v) is 4.02. The first-order valence-corrected chi connectivity index (χ1v) is 9.92. The largest absolute Gasteiger partial charge is 0.455 e. The summed E-state index contributed by atoms with van der Waals surface area (Å²) in [6.07, 6.45) is 1.58. The number of carbonyl (C=O) groups excluding carboxylic acids is 1. The summed E-state index contributed by atoms with van der Waals surface area (Å²) >= 11 is 1.43. The van der Waals surface area contributed by atoms with E-state index in [1.165, 1.54) is 11.8 Å². The average molecular weight is 393 g/mol. The van der Waals surface area contributed by atoms with Gasteiger partial charge in [-0.2, -0.15) is 0 Å². The van der Waals surface area contributed by atoms with Crippen LogP contribution >= 0.6 is 11.8 Å². The number of fused-ring (bicyclic) bond motifs is 1. The molecule has 142 valence electrons. The Balaban J connectivity index is 1.52. The Morgan fingerprint density at radius 2 is 1.93 bits per heavy atom. The van der Waals surface area contributed by atoms with Crippen molar-refractivity contribution in [1.82, 2.24) is 9.55 Å². The molecular weight excluding hydrogens is 374 g/mol. The van der Waals surface area contributed by atoms with Crippen LogP contribution in [0.1, 0.15) is 5.56 Å². The molecule has 4 rings (SSSR count). The number of carbonyl (C=O) groups is 1. The number of aromatic nitrogens is 2. The Kier molecular flexibility index (Phi) is 5.16. The third-order valence-corrected chi connectivity index (χ3v) is 5.64. The molecular formula is C21H19N3O3S. The second kappa shape index (κ2) is 7.90. The predicted molar refractivity (Wildman–Crippen MR) is 109 cm³/mol. The van der Waals surface area contributed by atoms with Crippen molar-refractivity contribution >= 4 is 23.4 Å². The average Bonchev–Trinajstić information content (AvgIpc) is 2.73. The summed E-state index contributed by atoms with van der Waals surface area (Å²) in [5, 5.41) is 3.61. The van der Waals surface area contributed by atoms with Crippen LogP contribution in [-0.4, -0.2) is 21.2 Å². The van der Waals surface area contributed by atoms with Crippen LogP contribution in [0, 0.1) is 12.8 Å². The molecule has 0 saturated carbocycles. The zero-order valence-electron chi connectivity index (χ0n) is 15.3. The fourth-order valence-electron chi connectivity index (χ4n) is 2.97. The van der Waals surface area contributed by atoms with Crippen LogP contribution in [0.4, 0.5) is 5.69 Å². The summed E-state index contributed by atoms with van der Waals surface area (Å²) in [7, 11) is 0. The number of thioether (sulfide) groups is 1. The highest BCUT2D eigenvalue weighted by atomic mass is 32.2. The lowest BCUT2D eigenvalue weighted by Gasteiger charge is -2.24. The van der Waals surface area contributed by atoms with Crippen LogP contribution in [0.2, 0.25) is 0 Å². The molecule has 0 aliphatic carbocycles. The molecule has 1 aromatic heterocycles. The zero-order valence-corrected chi connectivity index (χ0v) is 16.1. The number of ether oxygens (including phenoxy) is 1. The van der Waals surface area contributed by atoms with Gasteiger partial charge in [0, 0.05) is 24.1 Å². The minimum atomic E-state index is -0.330. The summed E-state index contributed by atoms with van der Waals surface area (Å²) in [4.78, 5) is 29.5. The van der Waals surface area contributed by atoms with Gasteiger partial charge in [0.2, 0.25) is 5.91 Å². The second-order valence-electron chi connectivity index (χ2n) is 6.55. The van der Waals surface area contributed by atoms with Gasteiger partial charge in [0.1, 0.15) is 5.75 Å². The lowest BCUT2D eigenvalue weighted by atomic mass is 10.1. The summed E-state index contributed by atoms with van der Waals surface area (Å²) in [5.41, 5.74) is 1.08. The molecule has 1 aliphatic heterocycles. The number of nitrogens with zero attached hydrogens (tertiary/aromatic N) is 2. The molecule has 6 nitrogen and oxygen atoms in total. The summed E-state index contributed by atoms with van der Waals surface area (Å²) in [5.74, 6) is 1.36. The molecule has 7 heteroatoms. The van der Waals surface area contributed by atoms with Crippen molar-refractivity contribution in [2.75, 3.05) is 11.1 Å². The van der Waals surface area contributed by atoms with E-state index in [-0.39, 0.29) is 17.4 Å². The SMILES string of the molecule is Cc1cnc2n(c1=O)CC(C(=O)Nc1ccccc1Oc1ccccc1)CS2. The molecule has 2 aromatic carbocycles. The van der Waals surface area contributed by atoms with E-state index in [1.807, 2.05) is 48.5 Å². The molecule has 28 heavy (non-hydrogen) atoms. The molecule has 3 aromatic rings. The van der Waals surface area contributed by atoms with Crippen LogP contribution < -0.4 is 15.6 Å². The summed E-state index contributed by atoms with van der Waals surface area (Å²) in [6, 6.07) is 16.7. The number of hydrogen-bond donors (Lipinski definition) is 1. The van der Waals surface area contributed by atoms with Crippen molar-refractivity contribution in [3.8, 4) is 11.5 Å². The van der Waals surface area contributed by atoms with E-state index in [4.69, 9.17) is 4.74 Å². The van der Waals surface area contributed by atoms with Gasteiger partial charge >= 0.3 is 0 Å². The van der Waals surface area contributed by atoms with Crippen molar-refractivity contribution < 1.29 is 9.53 Å². The van der Waals surface area contributed by atoms with E-state index in [2.05, 4.69) is 10.3 Å². The first-order chi connectivity index (χ1) is 13.6. The molecule has 1 N–H and O–H groups in total. The van der Waals surface area contributed by atoms with Gasteiger partial charge in [-0.15, -0.1) is 0 Å². The first-order valence-electron chi connectivity index (χ1n) is 8.94. The maximum Gasteiger partial charge on any atom is 0.257 e. The van der Waals surface area contributed by atoms with E-state index < -0.39 is 0 Å². The first kappa shape index (κ1) is 18.3. The molecule has 0 radical (unpaired) electrons. The topological polar surface area (TPSA) is 73.2 Å². The minimum Gasteiger partial charge on any atom is -0.455 e. The van der Waals surface area contributed by atoms with Gasteiger partial charge in [0.05, 0.1) is 11.6 Å². The van der Waals surface area contributed by atoms with Crippen LogP contribution in [0.5, 0.6) is 11.5 Å². The van der Waals surface area contributed by atoms with Crippen molar-refractivity contribution in [3.63, 3.8) is 0 Å². The third-order valence-electron chi connectivity index (χ3n) is 4.49. The van der Waals surface area contributed by atoms with Gasteiger partial charge < -0.3 is 10.1 Å². The molecule has 1 atom stereocenters. The lowest BCUT2D eigenvalue weighted by Crippen LogP contribution is -2.37. The van der Waals surface area contributed by atoms with Crippen molar-refractivity contribution in [1.29, 1.82) is 0 Å². The Morgan fingerprint density at radius 3 is 2.75 bits per heavy atom. The Bertz CT molecular complexity index is 1070. The van der Waals surface area contributed by atoms with Gasteiger partial charge in [-0.1, -0.05) is 42.1 Å². The number of para-hydroxylation sites is 3. The zero-order chi connectivity index (χ0) is 19.5. The number of aryl methyl sites for hydroxylation is 1. The summed E-state index contributed by atoms with van der Waals surface area (Å²) in [6.45, 7) is 2.05. The molecule has 1 aliphatic rings. The van der Waals surface area contributed by atoms with Crippen LogP contribution in [-0.2, 0) is 11.3 Å². The normalized spacial score (nSPS) is 15.5. The highest BCUT2D eigenvalue weighted by molar-refractivity contribution is 7.99. The molecule has 1 unspecified atom stereocenters. The quantitative estimate of drug-likeness (QED) is 0.684. The number of rotatable bonds is 4. The standard InChI is InChI=1S/C21H19N3O3S/c1-14-11-22-21-24(20(14)26)12-15(13-28-21)19(25)23-17-9-5-6-10-18(17)27-16-7-3-2-4-8-16/h2-11,15H,12-13H2,1H3,(H,23,25). The van der Waals surface area contributed by atoms with Crippen LogP contribution in [0.3, 0.4) is 0 Å². The highest BCUT2D eigenvalue weighted by Gasteiger charge is 2.27. The van der Waals surface area contributed by atoms with Gasteiger partial charge in [-0.05, 0) is 31.2 Å². The van der Waals surface area contributed by atoms with E-state index in [9.17, 15) is 9.59 Å². The molecule has 1 amide bonds. The van der Waals surface area contributed by atoms with E-state index >= 15 is 0 Å². The Morgan fingerprint density at radius 1 is 1.18 bits per heavy atom. The van der Waals surface area contributed by atoms with Gasteiger partial charge in [0.25, 0.3) is 5.56 Å². The van der Waals surface area contributed by atoms with E-state index in [0.29, 0.717) is 40.2 Å². The van der Waals surface area contributed by atoms with Gasteiger partial charge in [0.15, 0.2) is 10.9 Å². The Hall–Kier alpha value is -3.06. The van der Waals surface area contributed by atoms with Crippen LogP contribution in [0.15, 0.2) is 70.7 Å². The predicted octanol–water partition coefficient (Wildman–Crippen LogP) is 3.70. The third kappa shape index (κ3) is 3.80. The van der Waals surface area contributed by atoms with Crippen molar-refractivity contribution in [3.05, 3.63) is 76.7 Å². The summed E-state index contributed by atoms with van der Waals surface area (Å²) < 4.78 is 7.49. The number of amides is 1. The maximum atomic E-state index is 12.9. The highest BCUT2D eigenvalue weighted by Crippen LogP contribution is 2.31. The number of hydrogen-bond acceptors (Lipinski definition) is 5. The van der Waals surface area contributed by atoms with E-state index in [1.54, 1.807) is 23.8 Å². The van der Waals surface area contributed by atoms with Crippen LogP contribution in [0.25, 0.3) is 0 Å². The number of benzene rings is 2. The second-order valence-corrected chi connectivity index (χ2v) is 7.54. The fraction of sp³-hybridized carbons (Fsp3) is 0.190. The molecule has 0 spiro atoms. The molecule has 2 heterocycles. The number of anilines is 1. The monoisotopic (exact) mass is 393 g/mol. The minimum absolute atomic E-state index is 0.0946. The van der Waals surface area contributed by atoms with Gasteiger partial charge in [-0.25, -0.2) is 4.98 Å². The van der Waals surface area contributed by atoms with Crippen molar-refractivity contribution in [2.45, 2.75) is 18.6 Å². The smallest absolute Gasteiger partial charge is 0.257 e. The Labute approximate surface area is 166 Å². The lowest BCUT2D eigenvalue weighted by molar-refractivity contribution is -0.119. The van der Waals surface area contributed by atoms with E-state index in [0.717, 1.165) is 0 Å². The number of nitrogens with one attached hydrogen (secondary N) is 1. The van der Waals surface area contributed by atoms with Gasteiger partial charge in [-0.3, -0.25) is 14.2 Å². The molecule has 0 fully saturated rings.